The fourth-order valence-electron chi connectivity index (χ4n) is 3.85. The smallest absolute Gasteiger partial charge is 0.253 e. The highest BCUT2D eigenvalue weighted by molar-refractivity contribution is 5.94. The van der Waals surface area contributed by atoms with Gasteiger partial charge in [0.1, 0.15) is 0 Å². The first kappa shape index (κ1) is 18.5. The second kappa shape index (κ2) is 8.41. The highest BCUT2D eigenvalue weighted by Crippen LogP contribution is 2.20. The van der Waals surface area contributed by atoms with Crippen LogP contribution in [-0.2, 0) is 26.1 Å². The standard InChI is InChI=1S/C25H26N2O/c1-26(17-20-7-3-2-4-8-20)25(28)23-13-11-21(12-14-23)18-27-16-15-22-9-5-6-10-24(22)19-27/h2-14H,15-19H2,1H3. The lowest BCUT2D eigenvalue weighted by atomic mass is 9.99. The average Bonchev–Trinajstić information content (AvgIpc) is 2.74. The average molecular weight is 370 g/mol. The molecule has 0 radical (unpaired) electrons. The lowest BCUT2D eigenvalue weighted by Crippen LogP contribution is -2.30. The Balaban J connectivity index is 1.37. The van der Waals surface area contributed by atoms with E-state index in [-0.39, 0.29) is 5.91 Å². The van der Waals surface area contributed by atoms with Crippen LogP contribution >= 0.6 is 0 Å². The van der Waals surface area contributed by atoms with Gasteiger partial charge < -0.3 is 4.90 Å². The first-order chi connectivity index (χ1) is 13.7. The predicted molar refractivity (Wildman–Crippen MR) is 113 cm³/mol. The number of carbonyl (C=O) groups is 1. The zero-order valence-corrected chi connectivity index (χ0v) is 16.3. The maximum atomic E-state index is 12.7. The van der Waals surface area contributed by atoms with Gasteiger partial charge in [0, 0.05) is 38.8 Å². The number of carbonyl (C=O) groups excluding carboxylic acids is 1. The Kier molecular flexibility index (Phi) is 5.54. The minimum absolute atomic E-state index is 0.0577. The molecule has 0 aromatic heterocycles. The Morgan fingerprint density at radius 3 is 2.29 bits per heavy atom. The van der Waals surface area contributed by atoms with Crippen LogP contribution in [0.25, 0.3) is 0 Å². The van der Waals surface area contributed by atoms with E-state index in [1.807, 2.05) is 49.5 Å². The van der Waals surface area contributed by atoms with Crippen LogP contribution in [0.4, 0.5) is 0 Å². The summed E-state index contributed by atoms with van der Waals surface area (Å²) in [5.74, 6) is 0.0577. The van der Waals surface area contributed by atoms with Gasteiger partial charge in [-0.25, -0.2) is 0 Å². The summed E-state index contributed by atoms with van der Waals surface area (Å²) in [5, 5.41) is 0. The van der Waals surface area contributed by atoms with Crippen molar-refractivity contribution in [1.82, 2.24) is 9.80 Å². The molecule has 0 fully saturated rings. The lowest BCUT2D eigenvalue weighted by Gasteiger charge is -2.28. The molecule has 1 aliphatic heterocycles. The fraction of sp³-hybridized carbons (Fsp3) is 0.240. The molecular weight excluding hydrogens is 344 g/mol. The molecule has 28 heavy (non-hydrogen) atoms. The molecule has 0 atom stereocenters. The Bertz CT molecular complexity index is 934. The van der Waals surface area contributed by atoms with Crippen LogP contribution in [-0.4, -0.2) is 29.3 Å². The number of hydrogen-bond donors (Lipinski definition) is 0. The van der Waals surface area contributed by atoms with E-state index in [1.165, 1.54) is 16.7 Å². The number of hydrogen-bond acceptors (Lipinski definition) is 2. The highest BCUT2D eigenvalue weighted by atomic mass is 16.2. The molecule has 3 aromatic carbocycles. The van der Waals surface area contributed by atoms with Gasteiger partial charge in [0.15, 0.2) is 0 Å². The van der Waals surface area contributed by atoms with Crippen LogP contribution in [0.2, 0.25) is 0 Å². The molecule has 0 spiro atoms. The molecule has 3 aromatic rings. The monoisotopic (exact) mass is 370 g/mol. The molecule has 4 rings (SSSR count). The maximum absolute atomic E-state index is 12.7. The van der Waals surface area contributed by atoms with Crippen molar-refractivity contribution >= 4 is 5.91 Å². The number of rotatable bonds is 5. The molecule has 3 heteroatoms. The molecule has 3 nitrogen and oxygen atoms in total. The maximum Gasteiger partial charge on any atom is 0.253 e. The molecule has 142 valence electrons. The summed E-state index contributed by atoms with van der Waals surface area (Å²) in [5.41, 5.74) is 6.04. The quantitative estimate of drug-likeness (QED) is 0.659. The van der Waals surface area contributed by atoms with Crippen molar-refractivity contribution in [2.45, 2.75) is 26.1 Å². The van der Waals surface area contributed by atoms with E-state index in [0.717, 1.165) is 37.2 Å². The van der Waals surface area contributed by atoms with Crippen LogP contribution in [0.3, 0.4) is 0 Å². The van der Waals surface area contributed by atoms with Crippen molar-refractivity contribution in [2.75, 3.05) is 13.6 Å². The molecule has 0 saturated heterocycles. The largest absolute Gasteiger partial charge is 0.337 e. The number of benzene rings is 3. The molecule has 1 heterocycles. The molecule has 0 aliphatic carbocycles. The zero-order chi connectivity index (χ0) is 19.3. The van der Waals surface area contributed by atoms with E-state index in [9.17, 15) is 4.79 Å². The molecule has 0 unspecified atom stereocenters. The van der Waals surface area contributed by atoms with Crippen molar-refractivity contribution in [3.8, 4) is 0 Å². The van der Waals surface area contributed by atoms with Crippen molar-refractivity contribution < 1.29 is 4.79 Å². The van der Waals surface area contributed by atoms with Gasteiger partial charge in [0.05, 0.1) is 0 Å². The van der Waals surface area contributed by atoms with Crippen molar-refractivity contribution in [1.29, 1.82) is 0 Å². The van der Waals surface area contributed by atoms with Crippen LogP contribution in [0.1, 0.15) is 32.6 Å². The Morgan fingerprint density at radius 2 is 1.54 bits per heavy atom. The third kappa shape index (κ3) is 4.32. The third-order valence-corrected chi connectivity index (χ3v) is 5.43. The Hall–Kier alpha value is -2.91. The van der Waals surface area contributed by atoms with Crippen LogP contribution < -0.4 is 0 Å². The van der Waals surface area contributed by atoms with Gasteiger partial charge in [-0.05, 0) is 40.8 Å². The normalized spacial score (nSPS) is 13.8. The minimum atomic E-state index is 0.0577. The van der Waals surface area contributed by atoms with E-state index < -0.39 is 0 Å². The molecule has 1 amide bonds. The summed E-state index contributed by atoms with van der Waals surface area (Å²) in [6.45, 7) is 3.62. The van der Waals surface area contributed by atoms with Gasteiger partial charge in [0.2, 0.25) is 0 Å². The summed E-state index contributed by atoms with van der Waals surface area (Å²) in [6.07, 6.45) is 1.11. The van der Waals surface area contributed by atoms with Gasteiger partial charge in [-0.1, -0.05) is 66.7 Å². The summed E-state index contributed by atoms with van der Waals surface area (Å²) in [6, 6.07) is 26.9. The molecule has 0 N–H and O–H groups in total. The van der Waals surface area contributed by atoms with Crippen molar-refractivity contribution in [2.24, 2.45) is 0 Å². The van der Waals surface area contributed by atoms with E-state index in [1.54, 1.807) is 4.90 Å². The first-order valence-electron chi connectivity index (χ1n) is 9.86. The Morgan fingerprint density at radius 1 is 0.857 bits per heavy atom. The van der Waals surface area contributed by atoms with Gasteiger partial charge in [0.25, 0.3) is 5.91 Å². The summed E-state index contributed by atoms with van der Waals surface area (Å²) in [4.78, 5) is 16.9. The lowest BCUT2D eigenvalue weighted by molar-refractivity contribution is 0.0785. The van der Waals surface area contributed by atoms with E-state index in [2.05, 4.69) is 41.3 Å². The fourth-order valence-corrected chi connectivity index (χ4v) is 3.85. The summed E-state index contributed by atoms with van der Waals surface area (Å²) < 4.78 is 0. The SMILES string of the molecule is CN(Cc1ccccc1)C(=O)c1ccc(CN2CCc3ccccc3C2)cc1. The van der Waals surface area contributed by atoms with Crippen LogP contribution in [0.15, 0.2) is 78.9 Å². The van der Waals surface area contributed by atoms with Gasteiger partial charge in [-0.2, -0.15) is 0 Å². The number of fused-ring (bicyclic) bond motifs is 1. The predicted octanol–water partition coefficient (Wildman–Crippen LogP) is 4.52. The number of amides is 1. The van der Waals surface area contributed by atoms with Gasteiger partial charge in [-0.3, -0.25) is 9.69 Å². The Labute approximate surface area is 167 Å². The summed E-state index contributed by atoms with van der Waals surface area (Å²) >= 11 is 0. The molecular formula is C25H26N2O. The highest BCUT2D eigenvalue weighted by Gasteiger charge is 2.16. The molecule has 1 aliphatic rings. The van der Waals surface area contributed by atoms with Crippen molar-refractivity contribution in [3.63, 3.8) is 0 Å². The van der Waals surface area contributed by atoms with Crippen molar-refractivity contribution in [3.05, 3.63) is 107 Å². The second-order valence-corrected chi connectivity index (χ2v) is 7.57. The van der Waals surface area contributed by atoms with E-state index >= 15 is 0 Å². The van der Waals surface area contributed by atoms with E-state index in [4.69, 9.17) is 0 Å². The van der Waals surface area contributed by atoms with Gasteiger partial charge >= 0.3 is 0 Å². The van der Waals surface area contributed by atoms with Crippen LogP contribution in [0.5, 0.6) is 0 Å². The molecule has 0 bridgehead atoms. The topological polar surface area (TPSA) is 23.6 Å². The van der Waals surface area contributed by atoms with E-state index in [0.29, 0.717) is 6.54 Å². The van der Waals surface area contributed by atoms with Gasteiger partial charge in [-0.15, -0.1) is 0 Å². The first-order valence-corrected chi connectivity index (χ1v) is 9.86. The molecule has 0 saturated carbocycles. The third-order valence-electron chi connectivity index (χ3n) is 5.43. The second-order valence-electron chi connectivity index (χ2n) is 7.57. The number of nitrogens with zero attached hydrogens (tertiary/aromatic N) is 2. The van der Waals surface area contributed by atoms with Crippen LogP contribution in [0, 0.1) is 0 Å². The summed E-state index contributed by atoms with van der Waals surface area (Å²) in [7, 11) is 1.86. The zero-order valence-electron chi connectivity index (χ0n) is 16.3. The minimum Gasteiger partial charge on any atom is -0.337 e.